The smallest absolute Gasteiger partial charge is 0.230 e. The molecule has 1 aromatic carbocycles. The first-order valence-corrected chi connectivity index (χ1v) is 12.1. The lowest BCUT2D eigenvalue weighted by Gasteiger charge is -2.17. The van der Waals surface area contributed by atoms with Crippen molar-refractivity contribution in [3.8, 4) is 17.1 Å². The van der Waals surface area contributed by atoms with Crippen molar-refractivity contribution in [3.05, 3.63) is 52.8 Å². The molecule has 2 heterocycles. The molecule has 9 heteroatoms. The zero-order chi connectivity index (χ0) is 21.4. The minimum absolute atomic E-state index is 0.0421. The maximum absolute atomic E-state index is 12.7. The normalized spacial score (nSPS) is 16.0. The second kappa shape index (κ2) is 8.81. The number of aromatic nitrogens is 4. The van der Waals surface area contributed by atoms with Crippen LogP contribution in [0.2, 0.25) is 10.0 Å². The maximum Gasteiger partial charge on any atom is 0.230 e. The van der Waals surface area contributed by atoms with Crippen LogP contribution in [0, 0.1) is 11.8 Å². The van der Waals surface area contributed by atoms with E-state index in [1.807, 2.05) is 22.8 Å². The van der Waals surface area contributed by atoms with Crippen LogP contribution in [-0.4, -0.2) is 37.5 Å². The van der Waals surface area contributed by atoms with Gasteiger partial charge >= 0.3 is 0 Å². The van der Waals surface area contributed by atoms with Crippen LogP contribution in [0.3, 0.4) is 0 Å². The molecule has 31 heavy (non-hydrogen) atoms. The Morgan fingerprint density at radius 3 is 2.55 bits per heavy atom. The van der Waals surface area contributed by atoms with Crippen molar-refractivity contribution in [2.75, 3.05) is 5.75 Å². The number of amides is 1. The lowest BCUT2D eigenvalue weighted by molar-refractivity contribution is -0.119. The highest BCUT2D eigenvalue weighted by Crippen LogP contribution is 2.44. The van der Waals surface area contributed by atoms with Crippen LogP contribution in [0.25, 0.3) is 17.1 Å². The number of rotatable bonds is 8. The van der Waals surface area contributed by atoms with Crippen LogP contribution in [0.15, 0.2) is 47.9 Å². The summed E-state index contributed by atoms with van der Waals surface area (Å²) in [5.74, 6) is 2.28. The van der Waals surface area contributed by atoms with E-state index in [4.69, 9.17) is 23.2 Å². The summed E-state index contributed by atoms with van der Waals surface area (Å²) in [6, 6.07) is 9.47. The molecule has 1 amide bonds. The Hall–Kier alpha value is -2.09. The molecule has 0 atom stereocenters. The first-order valence-electron chi connectivity index (χ1n) is 10.3. The van der Waals surface area contributed by atoms with Crippen LogP contribution in [0.4, 0.5) is 0 Å². The summed E-state index contributed by atoms with van der Waals surface area (Å²) in [7, 11) is 0. The minimum atomic E-state index is 0.0421. The van der Waals surface area contributed by atoms with Crippen LogP contribution >= 0.6 is 35.0 Å². The van der Waals surface area contributed by atoms with E-state index in [0.29, 0.717) is 38.9 Å². The minimum Gasteiger partial charge on any atom is -0.352 e. The third kappa shape index (κ3) is 4.73. The molecule has 3 aromatic rings. The zero-order valence-electron chi connectivity index (χ0n) is 16.7. The topological polar surface area (TPSA) is 72.7 Å². The van der Waals surface area contributed by atoms with E-state index in [0.717, 1.165) is 11.3 Å². The van der Waals surface area contributed by atoms with Gasteiger partial charge in [0.2, 0.25) is 5.91 Å². The van der Waals surface area contributed by atoms with Gasteiger partial charge in [0.05, 0.1) is 21.5 Å². The van der Waals surface area contributed by atoms with Gasteiger partial charge in [-0.2, -0.15) is 0 Å². The summed E-state index contributed by atoms with van der Waals surface area (Å²) < 4.78 is 1.89. The average Bonchev–Trinajstić information content (AvgIpc) is 3.71. The first-order chi connectivity index (χ1) is 15.1. The van der Waals surface area contributed by atoms with Crippen LogP contribution < -0.4 is 5.32 Å². The molecule has 2 aromatic heterocycles. The largest absolute Gasteiger partial charge is 0.352 e. The van der Waals surface area contributed by atoms with Crippen molar-refractivity contribution < 1.29 is 4.79 Å². The number of thioether (sulfide) groups is 1. The highest BCUT2D eigenvalue weighted by Gasteiger charge is 2.42. The van der Waals surface area contributed by atoms with Crippen molar-refractivity contribution in [1.82, 2.24) is 25.1 Å². The van der Waals surface area contributed by atoms with E-state index in [9.17, 15) is 4.79 Å². The highest BCUT2D eigenvalue weighted by atomic mass is 35.5. The third-order valence-corrected chi connectivity index (χ3v) is 7.30. The van der Waals surface area contributed by atoms with E-state index in [1.54, 1.807) is 24.5 Å². The van der Waals surface area contributed by atoms with Gasteiger partial charge in [-0.1, -0.05) is 35.0 Å². The van der Waals surface area contributed by atoms with Gasteiger partial charge in [0.15, 0.2) is 11.0 Å². The van der Waals surface area contributed by atoms with Gasteiger partial charge in [0.1, 0.15) is 0 Å². The summed E-state index contributed by atoms with van der Waals surface area (Å²) in [6.07, 6.45) is 8.36. The van der Waals surface area contributed by atoms with Gasteiger partial charge in [-0.3, -0.25) is 14.3 Å². The molecule has 2 saturated carbocycles. The fourth-order valence-electron chi connectivity index (χ4n) is 3.79. The number of nitrogens with one attached hydrogen (secondary N) is 1. The molecule has 6 nitrogen and oxygen atoms in total. The Bertz CT molecular complexity index is 1090. The number of pyridine rings is 1. The number of benzene rings is 1. The fourth-order valence-corrected chi connectivity index (χ4v) is 4.85. The van der Waals surface area contributed by atoms with Gasteiger partial charge in [-0.15, -0.1) is 10.2 Å². The summed E-state index contributed by atoms with van der Waals surface area (Å²) >= 11 is 13.7. The van der Waals surface area contributed by atoms with Gasteiger partial charge < -0.3 is 5.32 Å². The number of carbonyl (C=O) groups is 1. The molecule has 0 radical (unpaired) electrons. The lowest BCUT2D eigenvalue weighted by atomic mass is 10.1. The number of carbonyl (C=O) groups excluding carboxylic acids is 1. The quantitative estimate of drug-likeness (QED) is 0.464. The highest BCUT2D eigenvalue weighted by molar-refractivity contribution is 7.99. The van der Waals surface area contributed by atoms with E-state index in [-0.39, 0.29) is 11.7 Å². The van der Waals surface area contributed by atoms with Gasteiger partial charge in [0.25, 0.3) is 0 Å². The molecule has 1 N–H and O–H groups in total. The Labute approximate surface area is 194 Å². The number of hydrogen-bond acceptors (Lipinski definition) is 5. The molecule has 5 rings (SSSR count). The number of halogens is 2. The molecule has 0 bridgehead atoms. The van der Waals surface area contributed by atoms with Gasteiger partial charge in [-0.05, 0) is 67.9 Å². The van der Waals surface area contributed by atoms with Crippen molar-refractivity contribution in [2.24, 2.45) is 11.8 Å². The van der Waals surface area contributed by atoms with Crippen molar-refractivity contribution in [1.29, 1.82) is 0 Å². The second-order valence-corrected chi connectivity index (χ2v) is 9.80. The monoisotopic (exact) mass is 473 g/mol. The van der Waals surface area contributed by atoms with E-state index in [1.165, 1.54) is 37.4 Å². The van der Waals surface area contributed by atoms with Gasteiger partial charge in [-0.25, -0.2) is 0 Å². The SMILES string of the molecule is O=C(CSc1nnc(-c2cccnc2)n1-c1ccc(Cl)c(Cl)c1)NC(C1CC1)C1CC1. The Morgan fingerprint density at radius 1 is 1.13 bits per heavy atom. The van der Waals surface area contributed by atoms with E-state index >= 15 is 0 Å². The van der Waals surface area contributed by atoms with Crippen molar-refractivity contribution in [3.63, 3.8) is 0 Å². The van der Waals surface area contributed by atoms with Crippen molar-refractivity contribution in [2.45, 2.75) is 36.9 Å². The van der Waals surface area contributed by atoms with Crippen LogP contribution in [0.5, 0.6) is 0 Å². The molecule has 160 valence electrons. The Balaban J connectivity index is 1.39. The summed E-state index contributed by atoms with van der Waals surface area (Å²) in [6.45, 7) is 0. The summed E-state index contributed by atoms with van der Waals surface area (Å²) in [5, 5.41) is 13.5. The Kier molecular flexibility index (Phi) is 5.91. The Morgan fingerprint density at radius 2 is 1.90 bits per heavy atom. The zero-order valence-corrected chi connectivity index (χ0v) is 19.0. The van der Waals surface area contributed by atoms with E-state index in [2.05, 4.69) is 20.5 Å². The number of hydrogen-bond donors (Lipinski definition) is 1. The molecule has 0 saturated heterocycles. The molecular weight excluding hydrogens is 453 g/mol. The van der Waals surface area contributed by atoms with Gasteiger partial charge in [0, 0.05) is 24.0 Å². The molecule has 2 aliphatic carbocycles. The standard InChI is InChI=1S/C22H21Cl2N5OS/c23-17-8-7-16(10-18(17)24)29-21(15-2-1-9-25-11-15)27-28-22(29)31-12-19(30)26-20(13-3-4-13)14-5-6-14/h1-2,7-11,13-14,20H,3-6,12H2,(H,26,30). The lowest BCUT2D eigenvalue weighted by Crippen LogP contribution is -2.39. The van der Waals surface area contributed by atoms with Crippen molar-refractivity contribution >= 4 is 40.9 Å². The molecule has 2 fully saturated rings. The third-order valence-electron chi connectivity index (χ3n) is 5.63. The molecule has 2 aliphatic rings. The fraction of sp³-hybridized carbons (Fsp3) is 0.364. The number of nitrogens with zero attached hydrogens (tertiary/aromatic N) is 4. The predicted molar refractivity (Wildman–Crippen MR) is 123 cm³/mol. The second-order valence-electron chi connectivity index (χ2n) is 8.04. The van der Waals surface area contributed by atoms with Crippen LogP contribution in [0.1, 0.15) is 25.7 Å². The maximum atomic E-state index is 12.7. The van der Waals surface area contributed by atoms with Crippen LogP contribution in [-0.2, 0) is 4.79 Å². The molecule has 0 spiro atoms. The molecule has 0 unspecified atom stereocenters. The summed E-state index contributed by atoms with van der Waals surface area (Å²) in [4.78, 5) is 16.9. The van der Waals surface area contributed by atoms with E-state index < -0.39 is 0 Å². The first kappa shape index (κ1) is 20.8. The average molecular weight is 474 g/mol. The molecule has 0 aliphatic heterocycles. The predicted octanol–water partition coefficient (Wildman–Crippen LogP) is 5.03. The molecular formula is C22H21Cl2N5OS. The summed E-state index contributed by atoms with van der Waals surface area (Å²) in [5.41, 5.74) is 1.59.